The van der Waals surface area contributed by atoms with Gasteiger partial charge in [-0.15, -0.1) is 0 Å². The van der Waals surface area contributed by atoms with Gasteiger partial charge in [-0.25, -0.2) is 9.78 Å². The number of H-pyrrole nitrogens is 1. The van der Waals surface area contributed by atoms with E-state index in [4.69, 9.17) is 32.7 Å². The van der Waals surface area contributed by atoms with Crippen molar-refractivity contribution in [3.05, 3.63) is 92.0 Å². The number of carbonyl (C=O) groups is 2. The van der Waals surface area contributed by atoms with Gasteiger partial charge in [-0.2, -0.15) is 5.10 Å². The molecule has 0 saturated heterocycles. The Kier molecular flexibility index (Phi) is 8.99. The van der Waals surface area contributed by atoms with Crippen LogP contribution in [0.3, 0.4) is 0 Å². The molecule has 0 radical (unpaired) electrons. The first-order chi connectivity index (χ1) is 21.0. The Morgan fingerprint density at radius 3 is 2.41 bits per heavy atom. The number of rotatable bonds is 9. The number of aromatic amines is 1. The van der Waals surface area contributed by atoms with E-state index in [0.29, 0.717) is 30.2 Å². The second-order valence-corrected chi connectivity index (χ2v) is 11.5. The maximum Gasteiger partial charge on any atom is 0.338 e. The molecule has 0 fully saturated rings. The van der Waals surface area contributed by atoms with E-state index in [-0.39, 0.29) is 11.4 Å². The Bertz CT molecular complexity index is 1890. The lowest BCUT2D eigenvalue weighted by Gasteiger charge is -2.11. The van der Waals surface area contributed by atoms with Crippen molar-refractivity contribution in [3.8, 4) is 16.9 Å². The summed E-state index contributed by atoms with van der Waals surface area (Å²) >= 11 is 13.1. The fourth-order valence-electron chi connectivity index (χ4n) is 5.48. The van der Waals surface area contributed by atoms with E-state index in [1.807, 2.05) is 63.7 Å². The van der Waals surface area contributed by atoms with Crippen LogP contribution in [0.15, 0.2) is 42.6 Å². The van der Waals surface area contributed by atoms with E-state index in [2.05, 4.69) is 20.4 Å². The van der Waals surface area contributed by atoms with Crippen molar-refractivity contribution in [2.75, 3.05) is 19.0 Å². The first-order valence-electron chi connectivity index (χ1n) is 14.1. The molecule has 0 aliphatic heterocycles. The number of nitrogens with zero attached hydrogens (tertiary/aromatic N) is 3. The quantitative estimate of drug-likeness (QED) is 0.128. The molecule has 0 saturated carbocycles. The molecule has 1 amide bonds. The summed E-state index contributed by atoms with van der Waals surface area (Å²) in [5.74, 6) is 0.0324. The predicted octanol–water partition coefficient (Wildman–Crippen LogP) is 7.55. The van der Waals surface area contributed by atoms with Gasteiger partial charge in [-0.3, -0.25) is 9.48 Å². The van der Waals surface area contributed by atoms with Crippen LogP contribution in [0.1, 0.15) is 55.3 Å². The summed E-state index contributed by atoms with van der Waals surface area (Å²) in [7, 11) is 3.18. The number of anilines is 1. The molecule has 228 valence electrons. The molecule has 44 heavy (non-hydrogen) atoms. The van der Waals surface area contributed by atoms with Crippen LogP contribution in [-0.4, -0.2) is 45.3 Å². The van der Waals surface area contributed by atoms with Crippen molar-refractivity contribution >= 4 is 51.8 Å². The predicted molar refractivity (Wildman–Crippen MR) is 173 cm³/mol. The van der Waals surface area contributed by atoms with E-state index in [1.165, 1.54) is 25.4 Å². The van der Waals surface area contributed by atoms with Gasteiger partial charge in [0, 0.05) is 40.5 Å². The molecule has 3 heterocycles. The number of aryl methyl sites for hydroxylation is 5. The summed E-state index contributed by atoms with van der Waals surface area (Å²) in [6.07, 6.45) is 2.61. The van der Waals surface area contributed by atoms with E-state index < -0.39 is 11.9 Å². The van der Waals surface area contributed by atoms with E-state index in [1.54, 1.807) is 0 Å². The fraction of sp³-hybridized carbons (Fsp3) is 0.273. The van der Waals surface area contributed by atoms with Gasteiger partial charge >= 0.3 is 5.97 Å². The number of ether oxygens (including phenoxy) is 2. The lowest BCUT2D eigenvalue weighted by molar-refractivity contribution is 0.0600. The van der Waals surface area contributed by atoms with Crippen LogP contribution in [0, 0.1) is 27.7 Å². The van der Waals surface area contributed by atoms with Crippen LogP contribution in [0.4, 0.5) is 5.82 Å². The van der Waals surface area contributed by atoms with Crippen LogP contribution in [0.5, 0.6) is 5.75 Å². The molecule has 0 aliphatic carbocycles. The third-order valence-corrected chi connectivity index (χ3v) is 8.60. The van der Waals surface area contributed by atoms with Crippen LogP contribution in [0.2, 0.25) is 10.0 Å². The number of amides is 1. The maximum atomic E-state index is 13.8. The highest BCUT2D eigenvalue weighted by Crippen LogP contribution is 2.40. The number of fused-ring (bicyclic) bond motifs is 1. The Morgan fingerprint density at radius 2 is 1.75 bits per heavy atom. The Morgan fingerprint density at radius 1 is 1.02 bits per heavy atom. The summed E-state index contributed by atoms with van der Waals surface area (Å²) in [6.45, 7) is 8.25. The largest absolute Gasteiger partial charge is 0.494 e. The lowest BCUT2D eigenvalue weighted by atomic mass is 9.98. The Balaban J connectivity index is 1.52. The second kappa shape index (κ2) is 12.7. The molecule has 0 bridgehead atoms. The van der Waals surface area contributed by atoms with Crippen molar-refractivity contribution in [2.45, 2.75) is 40.5 Å². The van der Waals surface area contributed by atoms with Gasteiger partial charge in [-0.1, -0.05) is 29.3 Å². The van der Waals surface area contributed by atoms with Gasteiger partial charge in [0.1, 0.15) is 17.3 Å². The van der Waals surface area contributed by atoms with Gasteiger partial charge in [0.05, 0.1) is 35.5 Å². The van der Waals surface area contributed by atoms with Gasteiger partial charge in [0.2, 0.25) is 0 Å². The number of benzene rings is 2. The minimum atomic E-state index is -0.526. The van der Waals surface area contributed by atoms with Gasteiger partial charge in [0.25, 0.3) is 5.91 Å². The Hall–Kier alpha value is -4.34. The molecule has 2 N–H and O–H groups in total. The first kappa shape index (κ1) is 31.1. The SMILES string of the molecule is COC(=O)c1ccnc(NC(=O)c2[nH]c3c(-c4c(C)nn(C)c4C)c(Cl)ccc3c2CCCOc2cc(C)c(Cl)c(C)c2)c1. The number of esters is 1. The standard InChI is InChI=1S/C33H33Cl2N5O4/c1-17-14-22(15-18(2)29(17)35)44-13-7-8-23-24-9-10-25(34)28(27-19(3)39-40(5)20(27)4)30(24)38-31(23)32(41)37-26-16-21(11-12-36-26)33(42)43-6/h9-12,14-16,38H,7-8,13H2,1-6H3,(H,36,37,41). The number of pyridine rings is 1. The zero-order valence-electron chi connectivity index (χ0n) is 25.4. The third-order valence-electron chi connectivity index (χ3n) is 7.69. The van der Waals surface area contributed by atoms with Crippen molar-refractivity contribution in [1.82, 2.24) is 19.7 Å². The summed E-state index contributed by atoms with van der Waals surface area (Å²) in [4.78, 5) is 33.4. The normalized spacial score (nSPS) is 11.2. The summed E-state index contributed by atoms with van der Waals surface area (Å²) < 4.78 is 12.7. The molecule has 9 nitrogen and oxygen atoms in total. The molecule has 5 aromatic rings. The number of hydrogen-bond acceptors (Lipinski definition) is 6. The summed E-state index contributed by atoms with van der Waals surface area (Å²) in [5.41, 5.74) is 7.55. The van der Waals surface area contributed by atoms with Crippen LogP contribution < -0.4 is 10.1 Å². The number of carbonyl (C=O) groups excluding carboxylic acids is 2. The topological polar surface area (TPSA) is 111 Å². The molecular formula is C33H33Cl2N5O4. The molecule has 3 aromatic heterocycles. The van der Waals surface area contributed by atoms with Gasteiger partial charge in [-0.05, 0) is 87.6 Å². The van der Waals surface area contributed by atoms with Crippen LogP contribution >= 0.6 is 23.2 Å². The molecule has 11 heteroatoms. The van der Waals surface area contributed by atoms with E-state index >= 15 is 0 Å². The minimum Gasteiger partial charge on any atom is -0.494 e. The number of hydrogen-bond donors (Lipinski definition) is 2. The monoisotopic (exact) mass is 633 g/mol. The molecule has 0 spiro atoms. The molecule has 0 aliphatic rings. The van der Waals surface area contributed by atoms with Crippen LogP contribution in [-0.2, 0) is 18.2 Å². The number of methoxy groups -OCH3 is 1. The van der Waals surface area contributed by atoms with Crippen molar-refractivity contribution < 1.29 is 19.1 Å². The average molecular weight is 635 g/mol. The maximum absolute atomic E-state index is 13.8. The summed E-state index contributed by atoms with van der Waals surface area (Å²) in [5, 5.41) is 9.56. The highest BCUT2D eigenvalue weighted by atomic mass is 35.5. The smallest absolute Gasteiger partial charge is 0.338 e. The molecule has 0 unspecified atom stereocenters. The molecular weight excluding hydrogens is 601 g/mol. The fourth-order valence-corrected chi connectivity index (χ4v) is 5.84. The Labute approximate surface area is 265 Å². The summed E-state index contributed by atoms with van der Waals surface area (Å²) in [6, 6.07) is 10.6. The number of halogens is 2. The number of nitrogens with one attached hydrogen (secondary N) is 2. The first-order valence-corrected chi connectivity index (χ1v) is 14.8. The molecule has 2 aromatic carbocycles. The van der Waals surface area contributed by atoms with Crippen molar-refractivity contribution in [3.63, 3.8) is 0 Å². The van der Waals surface area contributed by atoms with Gasteiger partial charge < -0.3 is 19.8 Å². The number of aromatic nitrogens is 4. The van der Waals surface area contributed by atoms with Crippen molar-refractivity contribution in [2.24, 2.45) is 7.05 Å². The minimum absolute atomic E-state index is 0.219. The highest BCUT2D eigenvalue weighted by molar-refractivity contribution is 6.35. The van der Waals surface area contributed by atoms with Crippen LogP contribution in [0.25, 0.3) is 22.0 Å². The zero-order chi connectivity index (χ0) is 31.7. The van der Waals surface area contributed by atoms with E-state index in [0.717, 1.165) is 60.9 Å². The van der Waals surface area contributed by atoms with Gasteiger partial charge in [0.15, 0.2) is 0 Å². The lowest BCUT2D eigenvalue weighted by Crippen LogP contribution is -2.16. The third kappa shape index (κ3) is 6.02. The second-order valence-electron chi connectivity index (χ2n) is 10.7. The molecule has 5 rings (SSSR count). The van der Waals surface area contributed by atoms with Crippen molar-refractivity contribution in [1.29, 1.82) is 0 Å². The zero-order valence-corrected chi connectivity index (χ0v) is 26.9. The average Bonchev–Trinajstić information content (AvgIpc) is 3.49. The molecule has 0 atom stereocenters. The van der Waals surface area contributed by atoms with E-state index in [9.17, 15) is 9.59 Å². The highest BCUT2D eigenvalue weighted by Gasteiger charge is 2.24.